The summed E-state index contributed by atoms with van der Waals surface area (Å²) in [5, 5.41) is 6.53. The van der Waals surface area contributed by atoms with Crippen molar-refractivity contribution >= 4 is 34.6 Å². The summed E-state index contributed by atoms with van der Waals surface area (Å²) in [5.74, 6) is 0.281. The number of nitrogens with zero attached hydrogens (tertiary/aromatic N) is 1. The van der Waals surface area contributed by atoms with Gasteiger partial charge in [0.05, 0.1) is 29.6 Å². The molecule has 0 saturated heterocycles. The molecular weight excluding hydrogens is 362 g/mol. The molecule has 6 heteroatoms. The van der Waals surface area contributed by atoms with E-state index in [9.17, 15) is 4.79 Å². The summed E-state index contributed by atoms with van der Waals surface area (Å²) >= 11 is 6.10. The van der Waals surface area contributed by atoms with Crippen molar-refractivity contribution < 1.29 is 9.53 Å². The number of pyridine rings is 1. The Kier molecular flexibility index (Phi) is 5.62. The first kappa shape index (κ1) is 18.7. The van der Waals surface area contributed by atoms with Gasteiger partial charge in [-0.3, -0.25) is 9.78 Å². The summed E-state index contributed by atoms with van der Waals surface area (Å²) in [4.78, 5) is 16.7. The van der Waals surface area contributed by atoms with Crippen LogP contribution in [0.5, 0.6) is 5.75 Å². The fraction of sp³-hybridized carbons (Fsp3) is 0.143. The third-order valence-electron chi connectivity index (χ3n) is 3.92. The molecule has 1 amide bonds. The molecule has 0 atom stereocenters. The van der Waals surface area contributed by atoms with Crippen LogP contribution >= 0.6 is 11.6 Å². The van der Waals surface area contributed by atoms with Gasteiger partial charge >= 0.3 is 0 Å². The van der Waals surface area contributed by atoms with Crippen molar-refractivity contribution in [2.24, 2.45) is 0 Å². The average Bonchev–Trinajstić information content (AvgIpc) is 2.61. The number of rotatable bonds is 5. The molecule has 2 N–H and O–H groups in total. The van der Waals surface area contributed by atoms with Gasteiger partial charge in [-0.2, -0.15) is 0 Å². The Morgan fingerprint density at radius 3 is 2.37 bits per heavy atom. The van der Waals surface area contributed by atoms with Gasteiger partial charge in [0.1, 0.15) is 5.75 Å². The Morgan fingerprint density at radius 2 is 1.70 bits per heavy atom. The van der Waals surface area contributed by atoms with E-state index in [1.165, 1.54) is 6.20 Å². The Hall–Kier alpha value is -3.05. The molecule has 5 nitrogen and oxygen atoms in total. The van der Waals surface area contributed by atoms with Gasteiger partial charge in [0.2, 0.25) is 0 Å². The van der Waals surface area contributed by atoms with Gasteiger partial charge in [-0.05, 0) is 61.4 Å². The number of hydrogen-bond acceptors (Lipinski definition) is 4. The fourth-order valence-electron chi connectivity index (χ4n) is 2.79. The molecule has 27 heavy (non-hydrogen) atoms. The minimum Gasteiger partial charge on any atom is -0.495 e. The number of carbonyl (C=O) groups is 1. The Labute approximate surface area is 163 Å². The van der Waals surface area contributed by atoms with Crippen LogP contribution in [0.1, 0.15) is 21.5 Å². The van der Waals surface area contributed by atoms with E-state index < -0.39 is 0 Å². The van der Waals surface area contributed by atoms with Crippen molar-refractivity contribution in [3.8, 4) is 5.75 Å². The van der Waals surface area contributed by atoms with Crippen molar-refractivity contribution in [1.29, 1.82) is 0 Å². The first-order valence-corrected chi connectivity index (χ1v) is 8.77. The standard InChI is InChI=1S/C21H20ClN3O2/c1-13-6-14(2)8-17(7-13)24-18-9-15(11-23-12-18)21(26)25-16-4-5-20(27-3)19(22)10-16/h4-12,24H,1-3H3,(H,25,26). The molecule has 0 bridgehead atoms. The molecule has 1 aromatic heterocycles. The summed E-state index contributed by atoms with van der Waals surface area (Å²) in [6.07, 6.45) is 3.20. The number of anilines is 3. The molecule has 0 aliphatic heterocycles. The van der Waals surface area contributed by atoms with Crippen LogP contribution in [0.3, 0.4) is 0 Å². The van der Waals surface area contributed by atoms with Gasteiger partial charge in [-0.25, -0.2) is 0 Å². The largest absolute Gasteiger partial charge is 0.495 e. The maximum absolute atomic E-state index is 12.5. The summed E-state index contributed by atoms with van der Waals surface area (Å²) in [7, 11) is 1.54. The summed E-state index contributed by atoms with van der Waals surface area (Å²) < 4.78 is 5.12. The number of methoxy groups -OCH3 is 1. The average molecular weight is 382 g/mol. The normalized spacial score (nSPS) is 10.4. The lowest BCUT2D eigenvalue weighted by molar-refractivity contribution is 0.102. The minimum absolute atomic E-state index is 0.271. The second kappa shape index (κ2) is 8.10. The van der Waals surface area contributed by atoms with Gasteiger partial charge in [0, 0.05) is 17.6 Å². The van der Waals surface area contributed by atoms with Crippen LogP contribution in [-0.4, -0.2) is 18.0 Å². The molecule has 0 fully saturated rings. The Bertz CT molecular complexity index is 969. The molecule has 0 aliphatic rings. The number of benzene rings is 2. The number of carbonyl (C=O) groups excluding carboxylic acids is 1. The van der Waals surface area contributed by atoms with E-state index in [1.807, 2.05) is 26.0 Å². The van der Waals surface area contributed by atoms with E-state index in [0.29, 0.717) is 22.0 Å². The zero-order chi connectivity index (χ0) is 19.4. The van der Waals surface area contributed by atoms with Gasteiger partial charge in [0.25, 0.3) is 5.91 Å². The van der Waals surface area contributed by atoms with Crippen LogP contribution < -0.4 is 15.4 Å². The third-order valence-corrected chi connectivity index (χ3v) is 4.22. The third kappa shape index (κ3) is 4.77. The lowest BCUT2D eigenvalue weighted by Crippen LogP contribution is -2.12. The van der Waals surface area contributed by atoms with Crippen LogP contribution in [0.25, 0.3) is 0 Å². The molecular formula is C21H20ClN3O2. The maximum atomic E-state index is 12.5. The smallest absolute Gasteiger partial charge is 0.257 e. The van der Waals surface area contributed by atoms with Crippen molar-refractivity contribution in [2.45, 2.75) is 13.8 Å². The zero-order valence-corrected chi connectivity index (χ0v) is 16.1. The number of hydrogen-bond donors (Lipinski definition) is 2. The molecule has 1 heterocycles. The van der Waals surface area contributed by atoms with Crippen LogP contribution in [0.2, 0.25) is 5.02 Å². The van der Waals surface area contributed by atoms with E-state index in [4.69, 9.17) is 16.3 Å². The molecule has 3 aromatic rings. The Balaban J connectivity index is 1.76. The number of ether oxygens (including phenoxy) is 1. The van der Waals surface area contributed by atoms with Crippen molar-refractivity contribution in [3.63, 3.8) is 0 Å². The van der Waals surface area contributed by atoms with E-state index >= 15 is 0 Å². The van der Waals surface area contributed by atoms with Crippen molar-refractivity contribution in [1.82, 2.24) is 4.98 Å². The minimum atomic E-state index is -0.271. The zero-order valence-electron chi connectivity index (χ0n) is 15.3. The molecule has 2 aromatic carbocycles. The molecule has 0 saturated carbocycles. The SMILES string of the molecule is COc1ccc(NC(=O)c2cncc(Nc3cc(C)cc(C)c3)c2)cc1Cl. The van der Waals surface area contributed by atoms with Crippen molar-refractivity contribution in [2.75, 3.05) is 17.7 Å². The van der Waals surface area contributed by atoms with E-state index in [-0.39, 0.29) is 5.91 Å². The topological polar surface area (TPSA) is 63.2 Å². The first-order chi connectivity index (χ1) is 12.9. The van der Waals surface area contributed by atoms with Crippen LogP contribution in [0.4, 0.5) is 17.1 Å². The van der Waals surface area contributed by atoms with Crippen molar-refractivity contribution in [3.05, 3.63) is 76.6 Å². The molecule has 0 unspecified atom stereocenters. The highest BCUT2D eigenvalue weighted by Crippen LogP contribution is 2.27. The number of amides is 1. The second-order valence-electron chi connectivity index (χ2n) is 6.27. The monoisotopic (exact) mass is 381 g/mol. The number of nitrogens with one attached hydrogen (secondary N) is 2. The highest BCUT2D eigenvalue weighted by molar-refractivity contribution is 6.32. The molecule has 138 valence electrons. The van der Waals surface area contributed by atoms with E-state index in [1.54, 1.807) is 37.6 Å². The van der Waals surface area contributed by atoms with Crippen LogP contribution in [0.15, 0.2) is 54.9 Å². The second-order valence-corrected chi connectivity index (χ2v) is 6.67. The lowest BCUT2D eigenvalue weighted by atomic mass is 10.1. The predicted octanol–water partition coefficient (Wildman–Crippen LogP) is 5.36. The predicted molar refractivity (Wildman–Crippen MR) is 109 cm³/mol. The fourth-order valence-corrected chi connectivity index (χ4v) is 3.05. The van der Waals surface area contributed by atoms with Gasteiger partial charge < -0.3 is 15.4 Å². The molecule has 0 spiro atoms. The number of aromatic nitrogens is 1. The van der Waals surface area contributed by atoms with Gasteiger partial charge in [-0.1, -0.05) is 17.7 Å². The number of halogens is 1. The maximum Gasteiger partial charge on any atom is 0.257 e. The highest BCUT2D eigenvalue weighted by Gasteiger charge is 2.10. The Morgan fingerprint density at radius 1 is 0.963 bits per heavy atom. The van der Waals surface area contributed by atoms with E-state index in [2.05, 4.69) is 21.7 Å². The summed E-state index contributed by atoms with van der Waals surface area (Å²) in [6.45, 7) is 4.08. The van der Waals surface area contributed by atoms with Gasteiger partial charge in [-0.15, -0.1) is 0 Å². The quantitative estimate of drug-likeness (QED) is 0.624. The van der Waals surface area contributed by atoms with E-state index in [0.717, 1.165) is 22.5 Å². The summed E-state index contributed by atoms with van der Waals surface area (Å²) in [6, 6.07) is 13.0. The number of aryl methyl sites for hydroxylation is 2. The van der Waals surface area contributed by atoms with Crippen LogP contribution in [-0.2, 0) is 0 Å². The first-order valence-electron chi connectivity index (χ1n) is 8.40. The van der Waals surface area contributed by atoms with Gasteiger partial charge in [0.15, 0.2) is 0 Å². The molecule has 0 aliphatic carbocycles. The molecule has 0 radical (unpaired) electrons. The summed E-state index contributed by atoms with van der Waals surface area (Å²) in [5.41, 5.74) is 5.04. The lowest BCUT2D eigenvalue weighted by Gasteiger charge is -2.11. The molecule has 3 rings (SSSR count). The highest BCUT2D eigenvalue weighted by atomic mass is 35.5. The van der Waals surface area contributed by atoms with Crippen LogP contribution in [0, 0.1) is 13.8 Å².